The quantitative estimate of drug-likeness (QED) is 0.220. The molecular weight excluding hydrogens is 488 g/mol. The second-order valence-electron chi connectivity index (χ2n) is 8.73. The van der Waals surface area contributed by atoms with Crippen molar-refractivity contribution in [2.24, 2.45) is 0 Å². The Balaban J connectivity index is 1.98. The first kappa shape index (κ1) is 30.0. The molecule has 0 aliphatic heterocycles. The van der Waals surface area contributed by atoms with Gasteiger partial charge >= 0.3 is 12.0 Å². The molecule has 1 atom stereocenters. The molecule has 0 aliphatic carbocycles. The number of carboxylic acid groups (broad SMARTS) is 1. The molecule has 204 valence electrons. The summed E-state index contributed by atoms with van der Waals surface area (Å²) in [5, 5.41) is 17.3. The number of nitrogens with one attached hydrogen (secondary N) is 3. The lowest BCUT2D eigenvalue weighted by Gasteiger charge is -2.23. The number of amides is 4. The van der Waals surface area contributed by atoms with Gasteiger partial charge in [0.1, 0.15) is 0 Å². The molecule has 0 aliphatic rings. The molecule has 0 aromatic heterocycles. The predicted octanol–water partition coefficient (Wildman–Crippen LogP) is 3.58. The molecule has 0 saturated heterocycles. The third-order valence-electron chi connectivity index (χ3n) is 5.59. The van der Waals surface area contributed by atoms with Crippen LogP contribution in [-0.4, -0.2) is 66.7 Å². The molecule has 2 aromatic rings. The second-order valence-corrected chi connectivity index (χ2v) is 8.73. The van der Waals surface area contributed by atoms with E-state index in [1.165, 1.54) is 4.90 Å². The highest BCUT2D eigenvalue weighted by atomic mass is 16.5. The minimum Gasteiger partial charge on any atom is -0.481 e. The zero-order chi connectivity index (χ0) is 27.9. The maximum atomic E-state index is 13.0. The molecule has 4 amide bonds. The molecular formula is C28H36N4O6. The van der Waals surface area contributed by atoms with Crippen molar-refractivity contribution in [1.82, 2.24) is 10.2 Å². The Bertz CT molecular complexity index is 1120. The number of ether oxygens (including phenoxy) is 1. The zero-order valence-electron chi connectivity index (χ0n) is 22.0. The van der Waals surface area contributed by atoms with Gasteiger partial charge in [-0.2, -0.15) is 0 Å². The van der Waals surface area contributed by atoms with Gasteiger partial charge in [0.15, 0.2) is 0 Å². The van der Waals surface area contributed by atoms with E-state index < -0.39 is 17.9 Å². The highest BCUT2D eigenvalue weighted by molar-refractivity contribution is 6.00. The number of methoxy groups -OCH3 is 1. The number of benzene rings is 2. The molecule has 38 heavy (non-hydrogen) atoms. The van der Waals surface area contributed by atoms with Crippen molar-refractivity contribution < 1.29 is 29.0 Å². The van der Waals surface area contributed by atoms with Crippen LogP contribution in [0.2, 0.25) is 0 Å². The molecule has 0 radical (unpaired) electrons. The number of hydrogen-bond acceptors (Lipinski definition) is 5. The molecule has 1 unspecified atom stereocenters. The van der Waals surface area contributed by atoms with Gasteiger partial charge in [-0.1, -0.05) is 42.5 Å². The van der Waals surface area contributed by atoms with Crippen LogP contribution in [0.1, 0.15) is 30.9 Å². The van der Waals surface area contributed by atoms with Crippen LogP contribution >= 0.6 is 0 Å². The molecule has 0 fully saturated rings. The average Bonchev–Trinajstić information content (AvgIpc) is 2.86. The van der Waals surface area contributed by atoms with Crippen molar-refractivity contribution in [3.05, 3.63) is 71.8 Å². The summed E-state index contributed by atoms with van der Waals surface area (Å²) in [5.41, 5.74) is 2.94. The number of carboxylic acids is 1. The monoisotopic (exact) mass is 524 g/mol. The zero-order valence-corrected chi connectivity index (χ0v) is 22.0. The summed E-state index contributed by atoms with van der Waals surface area (Å²) in [6.45, 7) is 4.18. The SMILES string of the molecule is C/C=C/C(CC(=O)O)NC(=O)CN(CCCOC)C(=O)Cc1ccc(NC(=O)Nc2ccccc2C)cc1. The molecule has 10 heteroatoms. The highest BCUT2D eigenvalue weighted by Gasteiger charge is 2.20. The first-order valence-electron chi connectivity index (χ1n) is 12.3. The third-order valence-corrected chi connectivity index (χ3v) is 5.59. The number of aryl methyl sites for hydroxylation is 1. The molecule has 10 nitrogen and oxygen atoms in total. The van der Waals surface area contributed by atoms with Crippen molar-refractivity contribution in [2.75, 3.05) is 37.4 Å². The number of hydrogen-bond donors (Lipinski definition) is 4. The van der Waals surface area contributed by atoms with E-state index in [-0.39, 0.29) is 31.3 Å². The van der Waals surface area contributed by atoms with E-state index in [4.69, 9.17) is 9.84 Å². The lowest BCUT2D eigenvalue weighted by Crippen LogP contribution is -2.45. The number of aliphatic carboxylic acids is 1. The van der Waals surface area contributed by atoms with Gasteiger partial charge in [0, 0.05) is 31.6 Å². The second kappa shape index (κ2) is 15.8. The Morgan fingerprint density at radius 1 is 1.05 bits per heavy atom. The van der Waals surface area contributed by atoms with E-state index in [0.29, 0.717) is 30.9 Å². The van der Waals surface area contributed by atoms with Gasteiger partial charge in [-0.3, -0.25) is 14.4 Å². The lowest BCUT2D eigenvalue weighted by molar-refractivity contribution is -0.138. The van der Waals surface area contributed by atoms with E-state index in [2.05, 4.69) is 16.0 Å². The van der Waals surface area contributed by atoms with Crippen LogP contribution in [0.4, 0.5) is 16.2 Å². The van der Waals surface area contributed by atoms with Gasteiger partial charge < -0.3 is 30.7 Å². The molecule has 4 N–H and O–H groups in total. The summed E-state index contributed by atoms with van der Waals surface area (Å²) in [6, 6.07) is 13.3. The van der Waals surface area contributed by atoms with Crippen LogP contribution in [0.15, 0.2) is 60.7 Å². The first-order chi connectivity index (χ1) is 18.2. The van der Waals surface area contributed by atoms with E-state index in [0.717, 1.165) is 11.1 Å². The number of urea groups is 1. The average molecular weight is 525 g/mol. The van der Waals surface area contributed by atoms with Crippen molar-refractivity contribution in [1.29, 1.82) is 0 Å². The van der Waals surface area contributed by atoms with Crippen LogP contribution in [0.25, 0.3) is 0 Å². The minimum atomic E-state index is -1.04. The molecule has 2 aromatic carbocycles. The van der Waals surface area contributed by atoms with E-state index >= 15 is 0 Å². The Hall–Kier alpha value is -4.18. The van der Waals surface area contributed by atoms with Crippen molar-refractivity contribution in [2.45, 2.75) is 39.2 Å². The fourth-order valence-electron chi connectivity index (χ4n) is 3.70. The van der Waals surface area contributed by atoms with Crippen molar-refractivity contribution >= 4 is 35.2 Å². The number of para-hydroxylation sites is 1. The normalized spacial score (nSPS) is 11.6. The van der Waals surface area contributed by atoms with Gasteiger partial charge in [-0.25, -0.2) is 4.79 Å². The number of rotatable bonds is 14. The number of anilines is 2. The Labute approximate surface area is 223 Å². The van der Waals surface area contributed by atoms with E-state index in [9.17, 15) is 19.2 Å². The topological polar surface area (TPSA) is 137 Å². The van der Waals surface area contributed by atoms with Crippen LogP contribution in [0, 0.1) is 6.92 Å². The fourth-order valence-corrected chi connectivity index (χ4v) is 3.70. The highest BCUT2D eigenvalue weighted by Crippen LogP contribution is 2.15. The maximum Gasteiger partial charge on any atom is 0.323 e. The van der Waals surface area contributed by atoms with E-state index in [1.807, 2.05) is 31.2 Å². The minimum absolute atomic E-state index is 0.0589. The van der Waals surface area contributed by atoms with Crippen molar-refractivity contribution in [3.8, 4) is 0 Å². The Morgan fingerprint density at radius 3 is 2.39 bits per heavy atom. The van der Waals surface area contributed by atoms with Gasteiger partial charge in [0.05, 0.1) is 25.4 Å². The van der Waals surface area contributed by atoms with Gasteiger partial charge in [0.25, 0.3) is 0 Å². The maximum absolute atomic E-state index is 13.0. The van der Waals surface area contributed by atoms with Gasteiger partial charge in [-0.15, -0.1) is 0 Å². The Morgan fingerprint density at radius 2 is 1.76 bits per heavy atom. The van der Waals surface area contributed by atoms with E-state index in [1.54, 1.807) is 50.5 Å². The molecule has 0 saturated carbocycles. The standard InChI is InChI=1S/C28H36N4O6/c1-4-8-23(18-27(35)36)29-25(33)19-32(15-7-16-38-3)26(34)17-21-11-13-22(14-12-21)30-28(37)31-24-10-6-5-9-20(24)2/h4-6,8-14,23H,7,15-19H2,1-3H3,(H,29,33)(H,35,36)(H2,30,31,37)/b8-4+. The fraction of sp³-hybridized carbons (Fsp3) is 0.357. The van der Waals surface area contributed by atoms with Gasteiger partial charge in [0.2, 0.25) is 11.8 Å². The third kappa shape index (κ3) is 10.8. The summed E-state index contributed by atoms with van der Waals surface area (Å²) < 4.78 is 5.07. The van der Waals surface area contributed by atoms with Crippen LogP contribution < -0.4 is 16.0 Å². The molecule has 0 heterocycles. The number of nitrogens with zero attached hydrogens (tertiary/aromatic N) is 1. The van der Waals surface area contributed by atoms with Gasteiger partial charge in [-0.05, 0) is 49.6 Å². The number of carbonyl (C=O) groups excluding carboxylic acids is 3. The number of allylic oxidation sites excluding steroid dienone is 1. The summed E-state index contributed by atoms with van der Waals surface area (Å²) in [6.07, 6.45) is 3.61. The van der Waals surface area contributed by atoms with Crippen molar-refractivity contribution in [3.63, 3.8) is 0 Å². The Kier molecular flexibility index (Phi) is 12.5. The summed E-state index contributed by atoms with van der Waals surface area (Å²) in [4.78, 5) is 50.5. The smallest absolute Gasteiger partial charge is 0.323 e. The largest absolute Gasteiger partial charge is 0.481 e. The lowest BCUT2D eigenvalue weighted by atomic mass is 10.1. The van der Waals surface area contributed by atoms with Crippen LogP contribution in [0.5, 0.6) is 0 Å². The molecule has 0 bridgehead atoms. The molecule has 2 rings (SSSR count). The molecule has 0 spiro atoms. The summed E-state index contributed by atoms with van der Waals surface area (Å²) in [7, 11) is 1.56. The summed E-state index contributed by atoms with van der Waals surface area (Å²) in [5.74, 6) is -1.73. The summed E-state index contributed by atoms with van der Waals surface area (Å²) >= 11 is 0. The predicted molar refractivity (Wildman–Crippen MR) is 146 cm³/mol. The first-order valence-corrected chi connectivity index (χ1v) is 12.3. The van der Waals surface area contributed by atoms with Crippen LogP contribution in [-0.2, 0) is 25.5 Å². The number of carbonyl (C=O) groups is 4. The van der Waals surface area contributed by atoms with Crippen LogP contribution in [0.3, 0.4) is 0 Å².